The van der Waals surface area contributed by atoms with Crippen molar-refractivity contribution in [2.24, 2.45) is 18.4 Å². The Balaban J connectivity index is 2.00. The van der Waals surface area contributed by atoms with Crippen molar-refractivity contribution in [3.63, 3.8) is 0 Å². The van der Waals surface area contributed by atoms with E-state index >= 15 is 0 Å². The summed E-state index contributed by atoms with van der Waals surface area (Å²) in [6, 6.07) is 7.20. The van der Waals surface area contributed by atoms with Gasteiger partial charge < -0.3 is 9.30 Å². The van der Waals surface area contributed by atoms with Crippen LogP contribution in [0.1, 0.15) is 77.3 Å². The number of esters is 1. The number of aromatic nitrogens is 2. The average Bonchev–Trinajstić information content (AvgIpc) is 3.26. The first kappa shape index (κ1) is 26.1. The molecule has 2 atom stereocenters. The lowest BCUT2D eigenvalue weighted by Crippen LogP contribution is -2.40. The van der Waals surface area contributed by atoms with E-state index in [4.69, 9.17) is 4.74 Å². The molecule has 3 rings (SSSR count). The van der Waals surface area contributed by atoms with Crippen molar-refractivity contribution in [1.29, 1.82) is 0 Å². The van der Waals surface area contributed by atoms with Crippen molar-refractivity contribution in [3.05, 3.63) is 47.9 Å². The minimum absolute atomic E-state index is 0.0197. The second-order valence-corrected chi connectivity index (χ2v) is 12.4. The topological polar surface area (TPSA) is 95.3 Å². The first-order valence-electron chi connectivity index (χ1n) is 11.9. The van der Waals surface area contributed by atoms with Crippen LogP contribution in [-0.2, 0) is 37.0 Å². The van der Waals surface area contributed by atoms with Gasteiger partial charge in [-0.25, -0.2) is 13.4 Å². The number of imidazole rings is 1. The van der Waals surface area contributed by atoms with Gasteiger partial charge in [0.25, 0.3) is 0 Å². The quantitative estimate of drug-likeness (QED) is 0.378. The van der Waals surface area contributed by atoms with E-state index in [9.17, 15) is 18.0 Å². The number of aryl methyl sites for hydroxylation is 1. The summed E-state index contributed by atoms with van der Waals surface area (Å²) >= 11 is 0. The molecule has 8 heteroatoms. The standard InChI is InChI=1S/C26H36N2O5S/c1-7-12-26(13-8-2)23(29)21(24(30)33-26)22(25(3,4)5)19-11-9-10-18(14-19)16-34(31,32)20-15-28(6)17-27-20/h9-11,14-15,17,21-22H,7-8,12-13,16H2,1-6H3. The van der Waals surface area contributed by atoms with Gasteiger partial charge in [-0.15, -0.1) is 0 Å². The largest absolute Gasteiger partial charge is 0.450 e. The predicted octanol–water partition coefficient (Wildman–Crippen LogP) is 4.60. The molecule has 34 heavy (non-hydrogen) atoms. The van der Waals surface area contributed by atoms with Crippen molar-refractivity contribution in [1.82, 2.24) is 9.55 Å². The summed E-state index contributed by atoms with van der Waals surface area (Å²) in [7, 11) is -1.92. The van der Waals surface area contributed by atoms with Crippen molar-refractivity contribution in [2.75, 3.05) is 0 Å². The third kappa shape index (κ3) is 5.11. The summed E-state index contributed by atoms with van der Waals surface area (Å²) in [5.41, 5.74) is -0.147. The first-order chi connectivity index (χ1) is 15.8. The van der Waals surface area contributed by atoms with Crippen LogP contribution in [-0.4, -0.2) is 35.3 Å². The van der Waals surface area contributed by atoms with Crippen LogP contribution in [0, 0.1) is 11.3 Å². The molecule has 2 unspecified atom stereocenters. The van der Waals surface area contributed by atoms with Gasteiger partial charge in [0.05, 0.1) is 12.1 Å². The number of carbonyl (C=O) groups is 2. The van der Waals surface area contributed by atoms with Gasteiger partial charge in [0.15, 0.2) is 16.4 Å². The number of benzene rings is 1. The van der Waals surface area contributed by atoms with Crippen molar-refractivity contribution < 1.29 is 22.7 Å². The van der Waals surface area contributed by atoms with E-state index in [0.29, 0.717) is 18.4 Å². The van der Waals surface area contributed by atoms with Crippen LogP contribution in [0.25, 0.3) is 0 Å². The molecule has 0 N–H and O–H groups in total. The molecule has 1 aromatic heterocycles. The smallest absolute Gasteiger partial charge is 0.318 e. The van der Waals surface area contributed by atoms with Gasteiger partial charge in [0.2, 0.25) is 9.84 Å². The Hall–Kier alpha value is -2.48. The minimum Gasteiger partial charge on any atom is -0.450 e. The number of nitrogens with zero attached hydrogens (tertiary/aromatic N) is 2. The molecule has 1 aliphatic heterocycles. The molecular formula is C26H36N2O5S. The van der Waals surface area contributed by atoms with E-state index in [-0.39, 0.29) is 16.6 Å². The fraction of sp³-hybridized carbons (Fsp3) is 0.577. The van der Waals surface area contributed by atoms with Gasteiger partial charge in [-0.1, -0.05) is 71.7 Å². The number of sulfone groups is 1. The molecule has 2 aromatic rings. The minimum atomic E-state index is -3.63. The highest BCUT2D eigenvalue weighted by molar-refractivity contribution is 7.90. The van der Waals surface area contributed by atoms with Crippen molar-refractivity contribution >= 4 is 21.6 Å². The summed E-state index contributed by atoms with van der Waals surface area (Å²) in [4.78, 5) is 30.9. The van der Waals surface area contributed by atoms with Gasteiger partial charge in [-0.05, 0) is 29.4 Å². The molecule has 1 fully saturated rings. The highest BCUT2D eigenvalue weighted by Crippen LogP contribution is 2.48. The lowest BCUT2D eigenvalue weighted by Gasteiger charge is -2.34. The molecular weight excluding hydrogens is 452 g/mol. The van der Waals surface area contributed by atoms with E-state index in [0.717, 1.165) is 18.4 Å². The SMILES string of the molecule is CCCC1(CCC)OC(=O)C(C(c2cccc(CS(=O)(=O)c3cn(C)cn3)c2)C(C)(C)C)C1=O. The fourth-order valence-electron chi connectivity index (χ4n) is 5.18. The number of hydrogen-bond donors (Lipinski definition) is 0. The molecule has 0 aliphatic carbocycles. The van der Waals surface area contributed by atoms with E-state index in [2.05, 4.69) is 4.98 Å². The summed E-state index contributed by atoms with van der Waals surface area (Å²) in [5, 5.41) is 0.0197. The molecule has 7 nitrogen and oxygen atoms in total. The highest BCUT2D eigenvalue weighted by Gasteiger charge is 2.58. The third-order valence-corrected chi connectivity index (χ3v) is 8.08. The summed E-state index contributed by atoms with van der Waals surface area (Å²) in [6.45, 7) is 9.96. The zero-order valence-corrected chi connectivity index (χ0v) is 21.8. The fourth-order valence-corrected chi connectivity index (χ4v) is 6.48. The molecule has 1 aromatic carbocycles. The maximum absolute atomic E-state index is 13.7. The Bertz CT molecular complexity index is 1150. The zero-order valence-electron chi connectivity index (χ0n) is 21.0. The molecule has 1 saturated heterocycles. The molecule has 0 amide bonds. The Morgan fingerprint density at radius 3 is 2.32 bits per heavy atom. The van der Waals surface area contributed by atoms with Crippen LogP contribution in [0.4, 0.5) is 0 Å². The Kier molecular flexibility index (Phi) is 7.41. The predicted molar refractivity (Wildman–Crippen MR) is 130 cm³/mol. The monoisotopic (exact) mass is 488 g/mol. The normalized spacial score (nSPS) is 19.3. The second-order valence-electron chi connectivity index (χ2n) is 10.5. The Morgan fingerprint density at radius 2 is 1.79 bits per heavy atom. The van der Waals surface area contributed by atoms with E-state index in [1.54, 1.807) is 29.8 Å². The number of carbonyl (C=O) groups excluding carboxylic acids is 2. The van der Waals surface area contributed by atoms with Crippen LogP contribution >= 0.6 is 0 Å². The highest BCUT2D eigenvalue weighted by atomic mass is 32.2. The Labute approximate surface area is 202 Å². The maximum atomic E-state index is 13.7. The average molecular weight is 489 g/mol. The summed E-state index contributed by atoms with van der Waals surface area (Å²) < 4.78 is 33.2. The van der Waals surface area contributed by atoms with E-state index in [1.807, 2.05) is 40.7 Å². The molecule has 0 bridgehead atoms. The maximum Gasteiger partial charge on any atom is 0.318 e. The van der Waals surface area contributed by atoms with Gasteiger partial charge in [0.1, 0.15) is 5.92 Å². The number of rotatable bonds is 9. The van der Waals surface area contributed by atoms with Gasteiger partial charge >= 0.3 is 5.97 Å². The molecule has 186 valence electrons. The van der Waals surface area contributed by atoms with Crippen LogP contribution in [0.15, 0.2) is 41.8 Å². The van der Waals surface area contributed by atoms with Crippen LogP contribution in [0.2, 0.25) is 0 Å². The number of Topliss-reactive ketones (excluding diaryl/α,β-unsaturated/α-hetero) is 1. The van der Waals surface area contributed by atoms with Crippen LogP contribution in [0.3, 0.4) is 0 Å². The van der Waals surface area contributed by atoms with Gasteiger partial charge in [0, 0.05) is 19.2 Å². The lowest BCUT2D eigenvalue weighted by atomic mass is 9.66. The van der Waals surface area contributed by atoms with Gasteiger partial charge in [-0.2, -0.15) is 0 Å². The summed E-state index contributed by atoms with van der Waals surface area (Å²) in [5.74, 6) is -2.19. The van der Waals surface area contributed by atoms with Gasteiger partial charge in [-0.3, -0.25) is 9.59 Å². The molecule has 2 heterocycles. The Morgan fingerprint density at radius 1 is 1.15 bits per heavy atom. The number of ketones is 1. The number of hydrogen-bond acceptors (Lipinski definition) is 6. The first-order valence-corrected chi connectivity index (χ1v) is 13.6. The number of cyclic esters (lactones) is 1. The molecule has 0 saturated carbocycles. The molecule has 1 aliphatic rings. The van der Waals surface area contributed by atoms with Crippen LogP contribution in [0.5, 0.6) is 0 Å². The zero-order chi connectivity index (χ0) is 25.3. The summed E-state index contributed by atoms with van der Waals surface area (Å²) in [6.07, 6.45) is 5.45. The van der Waals surface area contributed by atoms with E-state index in [1.165, 1.54) is 12.5 Å². The van der Waals surface area contributed by atoms with Crippen LogP contribution < -0.4 is 0 Å². The second kappa shape index (κ2) is 9.64. The molecule has 0 spiro atoms. The molecule has 0 radical (unpaired) electrons. The number of ether oxygens (including phenoxy) is 1. The van der Waals surface area contributed by atoms with Crippen molar-refractivity contribution in [3.8, 4) is 0 Å². The third-order valence-electron chi connectivity index (χ3n) is 6.52. The van der Waals surface area contributed by atoms with E-state index < -0.39 is 38.7 Å². The lowest BCUT2D eigenvalue weighted by molar-refractivity contribution is -0.154. The van der Waals surface area contributed by atoms with Crippen molar-refractivity contribution in [2.45, 2.75) is 82.6 Å².